The first-order valence-corrected chi connectivity index (χ1v) is 18.4. The molecule has 24 heteroatoms. The van der Waals surface area contributed by atoms with Crippen molar-refractivity contribution < 1.29 is 110 Å². The number of aryl methyl sites for hydroxylation is 2. The molecule has 0 saturated heterocycles. The van der Waals surface area contributed by atoms with Crippen molar-refractivity contribution in [2.75, 3.05) is 0 Å². The Kier molecular flexibility index (Phi) is 18.4. The minimum absolute atomic E-state index is 0. The maximum absolute atomic E-state index is 12.7. The van der Waals surface area contributed by atoms with Crippen molar-refractivity contribution >= 4 is 49.9 Å². The van der Waals surface area contributed by atoms with Gasteiger partial charge in [0, 0.05) is 17.7 Å². The minimum Gasteiger partial charge on any atom is -0.871 e. The summed E-state index contributed by atoms with van der Waals surface area (Å²) in [7, 11) is -4.85. The molecule has 2 N–H and O–H groups in total. The number of aromatic nitrogens is 4. The summed E-state index contributed by atoms with van der Waals surface area (Å²) in [5.41, 5.74) is 0.489. The molecular weight excluding hydrogens is 885 g/mol. The summed E-state index contributed by atoms with van der Waals surface area (Å²) < 4.78 is 34.2. The average molecular weight is 913 g/mol. The summed E-state index contributed by atoms with van der Waals surface area (Å²) in [5.74, 6) is -1.96. The smallest absolute Gasteiger partial charge is 0.871 e. The van der Waals surface area contributed by atoms with Crippen LogP contribution in [0.2, 0.25) is 0 Å². The number of nitrogens with zero attached hydrogens (tertiary/aromatic N) is 10. The molecule has 301 valence electrons. The Morgan fingerprint density at radius 3 is 1.84 bits per heavy atom. The van der Waals surface area contributed by atoms with Crippen LogP contribution in [0, 0.1) is 24.0 Å². The molecule has 62 heavy (non-hydrogen) atoms. The Morgan fingerprint density at radius 1 is 0.694 bits per heavy atom. The second-order valence-corrected chi connectivity index (χ2v) is 13.6. The van der Waals surface area contributed by atoms with E-state index < -0.39 is 48.5 Å². The van der Waals surface area contributed by atoms with E-state index in [4.69, 9.17) is 4.55 Å². The number of hydrogen-bond donors (Lipinski definition) is 2. The number of aromatic amines is 1. The maximum atomic E-state index is 12.7. The van der Waals surface area contributed by atoms with Crippen molar-refractivity contribution in [3.63, 3.8) is 0 Å². The van der Waals surface area contributed by atoms with Crippen molar-refractivity contribution in [3.8, 4) is 28.8 Å². The van der Waals surface area contributed by atoms with Gasteiger partial charge in [0.15, 0.2) is 5.69 Å². The van der Waals surface area contributed by atoms with E-state index >= 15 is 0 Å². The zero-order valence-corrected chi connectivity index (χ0v) is 39.1. The second kappa shape index (κ2) is 22.5. The van der Waals surface area contributed by atoms with Gasteiger partial charge >= 0.3 is 76.5 Å². The molecule has 0 aliphatic carbocycles. The van der Waals surface area contributed by atoms with Crippen molar-refractivity contribution in [3.05, 3.63) is 153 Å². The quantitative estimate of drug-likeness (QED) is 0.0651. The van der Waals surface area contributed by atoms with Gasteiger partial charge in [0.1, 0.15) is 10.6 Å². The number of H-pyrrole nitrogens is 1. The van der Waals surface area contributed by atoms with Crippen LogP contribution in [-0.2, 0) is 27.5 Å². The van der Waals surface area contributed by atoms with Crippen molar-refractivity contribution in [1.29, 1.82) is 0 Å². The molecule has 0 unspecified atom stereocenters. The summed E-state index contributed by atoms with van der Waals surface area (Å²) in [6.07, 6.45) is 0. The number of nitro groups is 1. The van der Waals surface area contributed by atoms with E-state index in [9.17, 15) is 38.6 Å². The zero-order chi connectivity index (χ0) is 42.3. The fourth-order valence-corrected chi connectivity index (χ4v) is 5.69. The first kappa shape index (κ1) is 50.7. The van der Waals surface area contributed by atoms with Gasteiger partial charge in [-0.25, -0.2) is 9.36 Å². The molecular formula is C38H28CrN11Na2O9S+2. The summed E-state index contributed by atoms with van der Waals surface area (Å²) in [5, 5.41) is 78.3. The van der Waals surface area contributed by atoms with Crippen LogP contribution in [0.5, 0.6) is 17.4 Å². The third kappa shape index (κ3) is 12.3. The Morgan fingerprint density at radius 2 is 1.24 bits per heavy atom. The molecule has 20 nitrogen and oxygen atoms in total. The van der Waals surface area contributed by atoms with Gasteiger partial charge in [-0.3, -0.25) is 24.6 Å². The van der Waals surface area contributed by atoms with Crippen LogP contribution >= 0.6 is 0 Å². The molecule has 0 aliphatic rings. The standard InChI is InChI=1S/C22H18N6O2.C16H13N5O7S.Cr.2Na/c1-15-21(22(30)28(27-15)18-10-6-3-7-11-18)26-25-19-14-17(12-13-20(19)29)24-23-16-8-4-2-5-9-16;1-9-14(16(23)20(19-9)10-5-3-2-4-6-10)18-17-12-7-11(29(26,27)28)8-13(15(12)22)21(24)25;;;/h2-14,29-30H,1H3;2-8,19,22H,1H3,(H,26,27,28);;;/q;;+3;2*+1/p-3. The molecule has 7 aromatic rings. The van der Waals surface area contributed by atoms with E-state index in [1.54, 1.807) is 55.5 Å². The molecule has 7 rings (SSSR count). The Labute approximate surface area is 407 Å². The summed E-state index contributed by atoms with van der Waals surface area (Å²) in [6, 6.07) is 32.1. The number of benzene rings is 5. The molecule has 0 saturated carbocycles. The van der Waals surface area contributed by atoms with Crippen LogP contribution < -0.4 is 80.0 Å². The Balaban J connectivity index is 0.000000315. The van der Waals surface area contributed by atoms with Crippen molar-refractivity contribution in [2.24, 2.45) is 30.7 Å². The molecule has 0 bridgehead atoms. The number of nitro benzene ring substituents is 1. The monoisotopic (exact) mass is 912 g/mol. The van der Waals surface area contributed by atoms with Gasteiger partial charge in [0.2, 0.25) is 0 Å². The van der Waals surface area contributed by atoms with E-state index in [1.807, 2.05) is 48.5 Å². The van der Waals surface area contributed by atoms with E-state index in [1.165, 1.54) is 28.4 Å². The van der Waals surface area contributed by atoms with Crippen LogP contribution in [0.25, 0.3) is 11.4 Å². The molecule has 0 fully saturated rings. The summed E-state index contributed by atoms with van der Waals surface area (Å²) in [4.78, 5) is 21.5. The van der Waals surface area contributed by atoms with Crippen molar-refractivity contribution in [2.45, 2.75) is 18.7 Å². The second-order valence-electron chi connectivity index (χ2n) is 12.2. The molecule has 1 radical (unpaired) electrons. The largest absolute Gasteiger partial charge is 3.00 e. The van der Waals surface area contributed by atoms with Gasteiger partial charge in [0.25, 0.3) is 21.4 Å². The van der Waals surface area contributed by atoms with Gasteiger partial charge in [-0.05, 0) is 68.4 Å². The van der Waals surface area contributed by atoms with E-state index in [-0.39, 0.29) is 105 Å². The maximum Gasteiger partial charge on any atom is 3.00 e. The summed E-state index contributed by atoms with van der Waals surface area (Å²) in [6.45, 7) is 3.18. The molecule has 2 aromatic heterocycles. The Bertz CT molecular complexity index is 2930. The SMILES string of the molecule is Cc1[nH]n(-c2ccccc2)c(=O)c1N=Nc1cc(S(=O)(=O)O)cc([N+](=O)[O-])c1[O-].Cc1nn(-c2ccccc2)c([O-])c1N=Nc1cc(N=Nc2ccccc2)ccc1[O-].[Cr+3].[Na+].[Na+]. The topological polar surface area (TPSA) is 296 Å². The molecule has 0 spiro atoms. The van der Waals surface area contributed by atoms with Crippen LogP contribution in [0.15, 0.2) is 162 Å². The number of para-hydroxylation sites is 2. The van der Waals surface area contributed by atoms with Crippen molar-refractivity contribution in [1.82, 2.24) is 19.6 Å². The molecule has 5 aromatic carbocycles. The third-order valence-electron chi connectivity index (χ3n) is 8.06. The number of hydrogen-bond acceptors (Lipinski definition) is 15. The van der Waals surface area contributed by atoms with Crippen LogP contribution in [-0.4, -0.2) is 37.5 Å². The molecule has 0 atom stereocenters. The van der Waals surface area contributed by atoms with Gasteiger partial charge in [0.05, 0.1) is 50.4 Å². The molecule has 0 aliphatic heterocycles. The van der Waals surface area contributed by atoms with Gasteiger partial charge in [-0.1, -0.05) is 66.4 Å². The zero-order valence-electron chi connectivity index (χ0n) is 33.0. The number of rotatable bonds is 10. The fourth-order valence-electron chi connectivity index (χ4n) is 5.17. The van der Waals surface area contributed by atoms with Crippen LogP contribution in [0.3, 0.4) is 0 Å². The van der Waals surface area contributed by atoms with E-state index in [0.717, 1.165) is 0 Å². The first-order chi connectivity index (χ1) is 28.2. The van der Waals surface area contributed by atoms with Gasteiger partial charge in [-0.15, -0.1) is 10.2 Å². The number of nitrogens with one attached hydrogen (secondary N) is 1. The molecule has 0 amide bonds. The predicted molar refractivity (Wildman–Crippen MR) is 206 cm³/mol. The molecule has 2 heterocycles. The minimum atomic E-state index is -4.85. The van der Waals surface area contributed by atoms with E-state index in [2.05, 4.69) is 40.9 Å². The Hall–Kier alpha value is -5.64. The van der Waals surface area contributed by atoms with Crippen LogP contribution in [0.4, 0.5) is 39.8 Å². The average Bonchev–Trinajstić information content (AvgIpc) is 3.68. The van der Waals surface area contributed by atoms with Gasteiger partial charge in [-0.2, -0.15) is 34.0 Å². The predicted octanol–water partition coefficient (Wildman–Crippen LogP) is 1.28. The third-order valence-corrected chi connectivity index (χ3v) is 8.89. The van der Waals surface area contributed by atoms with Gasteiger partial charge < -0.3 is 15.3 Å². The number of azo groups is 3. The normalized spacial score (nSPS) is 11.1. The first-order valence-electron chi connectivity index (χ1n) is 17.0. The summed E-state index contributed by atoms with van der Waals surface area (Å²) >= 11 is 0. The van der Waals surface area contributed by atoms with E-state index in [0.29, 0.717) is 40.6 Å². The van der Waals surface area contributed by atoms with Crippen LogP contribution in [0.1, 0.15) is 11.4 Å². The fraction of sp³-hybridized carbons (Fsp3) is 0.0526.